The van der Waals surface area contributed by atoms with Crippen LogP contribution in [0.15, 0.2) is 18.3 Å². The molecule has 0 bridgehead atoms. The van der Waals surface area contributed by atoms with Crippen molar-refractivity contribution in [3.63, 3.8) is 0 Å². The second-order valence-electron chi connectivity index (χ2n) is 4.07. The largest absolute Gasteiger partial charge is 0.386 e. The van der Waals surface area contributed by atoms with E-state index in [1.54, 1.807) is 17.4 Å². The van der Waals surface area contributed by atoms with Crippen molar-refractivity contribution >= 4 is 34.3 Å². The smallest absolute Gasteiger partial charge is 0.101 e. The number of halogens is 1. The van der Waals surface area contributed by atoms with Crippen molar-refractivity contribution < 1.29 is 5.11 Å². The first-order valence-corrected chi connectivity index (χ1v) is 7.66. The van der Waals surface area contributed by atoms with Crippen LogP contribution in [0.3, 0.4) is 0 Å². The molecule has 98 valence electrons. The van der Waals surface area contributed by atoms with Gasteiger partial charge in [-0.3, -0.25) is 0 Å². The molecule has 2 aromatic heterocycles. The molecule has 0 radical (unpaired) electrons. The van der Waals surface area contributed by atoms with E-state index < -0.39 is 6.10 Å². The van der Waals surface area contributed by atoms with Crippen molar-refractivity contribution in [1.82, 2.24) is 10.3 Å². The lowest BCUT2D eigenvalue weighted by Crippen LogP contribution is -2.23. The molecule has 0 aliphatic rings. The average Bonchev–Trinajstić information content (AvgIpc) is 2.94. The predicted molar refractivity (Wildman–Crippen MR) is 77.6 cm³/mol. The monoisotopic (exact) mass is 302 g/mol. The maximum Gasteiger partial charge on any atom is 0.101 e. The molecule has 2 unspecified atom stereocenters. The third kappa shape index (κ3) is 3.52. The summed E-state index contributed by atoms with van der Waals surface area (Å²) < 4.78 is 0.704. The standard InChI is InChI=1S/C12H15ClN2OS2/c1-7(11-6-15-8(2)17-11)14-5-9(16)10-3-4-12(13)18-10/h3-4,6-7,9,14,16H,5H2,1-2H3. The van der Waals surface area contributed by atoms with Gasteiger partial charge >= 0.3 is 0 Å². The number of hydrogen-bond acceptors (Lipinski definition) is 5. The second-order valence-corrected chi connectivity index (χ2v) is 7.08. The van der Waals surface area contributed by atoms with Crippen LogP contribution in [0, 0.1) is 6.92 Å². The first-order chi connectivity index (χ1) is 8.56. The van der Waals surface area contributed by atoms with E-state index in [0.717, 1.165) is 9.88 Å². The molecular weight excluding hydrogens is 288 g/mol. The number of thiophene rings is 1. The van der Waals surface area contributed by atoms with Gasteiger partial charge in [-0.15, -0.1) is 22.7 Å². The highest BCUT2D eigenvalue weighted by molar-refractivity contribution is 7.16. The van der Waals surface area contributed by atoms with Gasteiger partial charge < -0.3 is 10.4 Å². The number of rotatable bonds is 5. The van der Waals surface area contributed by atoms with Gasteiger partial charge in [0, 0.05) is 28.5 Å². The Kier molecular flexibility index (Phi) is 4.75. The van der Waals surface area contributed by atoms with Crippen LogP contribution in [0.5, 0.6) is 0 Å². The molecule has 2 atom stereocenters. The van der Waals surface area contributed by atoms with Crippen molar-refractivity contribution in [2.45, 2.75) is 26.0 Å². The summed E-state index contributed by atoms with van der Waals surface area (Å²) in [6.45, 7) is 4.57. The van der Waals surface area contributed by atoms with Gasteiger partial charge in [0.25, 0.3) is 0 Å². The number of aromatic nitrogens is 1. The van der Waals surface area contributed by atoms with E-state index in [4.69, 9.17) is 11.6 Å². The zero-order valence-electron chi connectivity index (χ0n) is 10.2. The third-order valence-electron chi connectivity index (χ3n) is 2.61. The number of aliphatic hydroxyl groups is 1. The SMILES string of the molecule is Cc1ncc(C(C)NCC(O)c2ccc(Cl)s2)s1. The van der Waals surface area contributed by atoms with Gasteiger partial charge in [-0.2, -0.15) is 0 Å². The zero-order valence-corrected chi connectivity index (χ0v) is 12.6. The predicted octanol–water partition coefficient (Wildman–Crippen LogP) is 3.55. The van der Waals surface area contributed by atoms with Crippen LogP contribution in [-0.4, -0.2) is 16.6 Å². The summed E-state index contributed by atoms with van der Waals surface area (Å²) in [6.07, 6.45) is 1.37. The number of aliphatic hydroxyl groups excluding tert-OH is 1. The number of aryl methyl sites for hydroxylation is 1. The van der Waals surface area contributed by atoms with Crippen molar-refractivity contribution in [3.05, 3.63) is 37.4 Å². The van der Waals surface area contributed by atoms with Crippen molar-refractivity contribution in [1.29, 1.82) is 0 Å². The molecular formula is C12H15ClN2OS2. The molecule has 0 saturated carbocycles. The van der Waals surface area contributed by atoms with Crippen LogP contribution in [0.2, 0.25) is 4.34 Å². The summed E-state index contributed by atoms with van der Waals surface area (Å²) in [7, 11) is 0. The number of thiazole rings is 1. The normalized spacial score (nSPS) is 14.7. The highest BCUT2D eigenvalue weighted by Gasteiger charge is 2.13. The molecule has 0 fully saturated rings. The molecule has 2 heterocycles. The van der Waals surface area contributed by atoms with Crippen molar-refractivity contribution in [3.8, 4) is 0 Å². The van der Waals surface area contributed by atoms with E-state index in [9.17, 15) is 5.11 Å². The summed E-state index contributed by atoms with van der Waals surface area (Å²) >= 11 is 8.93. The number of hydrogen-bond donors (Lipinski definition) is 2. The van der Waals surface area contributed by atoms with E-state index in [0.29, 0.717) is 10.9 Å². The fourth-order valence-electron chi connectivity index (χ4n) is 1.57. The summed E-state index contributed by atoms with van der Waals surface area (Å²) in [6, 6.07) is 3.86. The maximum absolute atomic E-state index is 10.0. The van der Waals surface area contributed by atoms with E-state index in [-0.39, 0.29) is 6.04 Å². The molecule has 3 nitrogen and oxygen atoms in total. The molecule has 0 spiro atoms. The lowest BCUT2D eigenvalue weighted by atomic mass is 10.2. The first kappa shape index (κ1) is 14.0. The summed E-state index contributed by atoms with van der Waals surface area (Å²) in [5.41, 5.74) is 0. The Morgan fingerprint density at radius 3 is 2.72 bits per heavy atom. The van der Waals surface area contributed by atoms with Gasteiger partial charge in [0.2, 0.25) is 0 Å². The Labute approximate surface area is 119 Å². The minimum absolute atomic E-state index is 0.196. The Bertz CT molecular complexity index is 465. The fraction of sp³-hybridized carbons (Fsp3) is 0.417. The van der Waals surface area contributed by atoms with E-state index >= 15 is 0 Å². The molecule has 6 heteroatoms. The molecule has 2 rings (SSSR count). The molecule has 0 aliphatic carbocycles. The van der Waals surface area contributed by atoms with Gasteiger partial charge in [-0.1, -0.05) is 11.6 Å². The highest BCUT2D eigenvalue weighted by atomic mass is 35.5. The summed E-state index contributed by atoms with van der Waals surface area (Å²) in [5, 5.41) is 14.4. The molecule has 0 aliphatic heterocycles. The van der Waals surface area contributed by atoms with Crippen LogP contribution in [0.25, 0.3) is 0 Å². The topological polar surface area (TPSA) is 45.2 Å². The van der Waals surface area contributed by atoms with Crippen LogP contribution < -0.4 is 5.32 Å². The lowest BCUT2D eigenvalue weighted by Gasteiger charge is -2.14. The molecule has 0 saturated heterocycles. The van der Waals surface area contributed by atoms with Crippen molar-refractivity contribution in [2.24, 2.45) is 0 Å². The average molecular weight is 303 g/mol. The number of nitrogens with one attached hydrogen (secondary N) is 1. The van der Waals surface area contributed by atoms with Crippen LogP contribution in [-0.2, 0) is 0 Å². The molecule has 0 aromatic carbocycles. The maximum atomic E-state index is 10.0. The number of nitrogens with zero attached hydrogens (tertiary/aromatic N) is 1. The first-order valence-electron chi connectivity index (χ1n) is 5.65. The van der Waals surface area contributed by atoms with Gasteiger partial charge in [-0.05, 0) is 26.0 Å². The Morgan fingerprint density at radius 2 is 2.17 bits per heavy atom. The zero-order chi connectivity index (χ0) is 13.1. The molecule has 2 N–H and O–H groups in total. The van der Waals surface area contributed by atoms with Crippen molar-refractivity contribution in [2.75, 3.05) is 6.54 Å². The Balaban J connectivity index is 1.88. The summed E-state index contributed by atoms with van der Waals surface area (Å²) in [5.74, 6) is 0. The molecule has 2 aromatic rings. The minimum Gasteiger partial charge on any atom is -0.386 e. The quantitative estimate of drug-likeness (QED) is 0.888. The Morgan fingerprint density at radius 1 is 1.39 bits per heavy atom. The Hall–Kier alpha value is -0.460. The van der Waals surface area contributed by atoms with Gasteiger partial charge in [0.1, 0.15) is 6.10 Å². The van der Waals surface area contributed by atoms with E-state index in [2.05, 4.69) is 17.2 Å². The lowest BCUT2D eigenvalue weighted by molar-refractivity contribution is 0.174. The summed E-state index contributed by atoms with van der Waals surface area (Å²) in [4.78, 5) is 6.30. The van der Waals surface area contributed by atoms with Gasteiger partial charge in [0.15, 0.2) is 0 Å². The van der Waals surface area contributed by atoms with E-state index in [1.165, 1.54) is 16.2 Å². The van der Waals surface area contributed by atoms with Crippen LogP contribution in [0.4, 0.5) is 0 Å². The second kappa shape index (κ2) is 6.12. The molecule has 18 heavy (non-hydrogen) atoms. The van der Waals surface area contributed by atoms with Crippen LogP contribution >= 0.6 is 34.3 Å². The third-order valence-corrected chi connectivity index (χ3v) is 5.03. The highest BCUT2D eigenvalue weighted by Crippen LogP contribution is 2.27. The fourth-order valence-corrected chi connectivity index (χ4v) is 3.43. The van der Waals surface area contributed by atoms with Gasteiger partial charge in [0.05, 0.1) is 9.34 Å². The van der Waals surface area contributed by atoms with Gasteiger partial charge in [-0.25, -0.2) is 4.98 Å². The minimum atomic E-state index is -0.515. The van der Waals surface area contributed by atoms with Crippen LogP contribution in [0.1, 0.15) is 33.8 Å². The van der Waals surface area contributed by atoms with E-state index in [1.807, 2.05) is 19.2 Å². The molecule has 0 amide bonds.